The summed E-state index contributed by atoms with van der Waals surface area (Å²) in [5, 5.41) is 13.3. The molecule has 0 amide bonds. The number of rotatable bonds is 9. The van der Waals surface area contributed by atoms with Gasteiger partial charge in [-0.25, -0.2) is 14.5 Å². The number of carbonyl (C=O) groups is 2. The molecule has 3 heterocycles. The Labute approximate surface area is 260 Å². The van der Waals surface area contributed by atoms with E-state index in [2.05, 4.69) is 46.2 Å². The highest BCUT2D eigenvalue weighted by Crippen LogP contribution is 2.33. The average Bonchev–Trinajstić information content (AvgIpc) is 3.43. The third-order valence-corrected chi connectivity index (χ3v) is 7.71. The van der Waals surface area contributed by atoms with Crippen LogP contribution in [0.2, 0.25) is 0 Å². The van der Waals surface area contributed by atoms with Gasteiger partial charge in [0.05, 0.1) is 24.0 Å². The molecule has 4 aromatic rings. The molecular formula is C34H37F3N4O4. The van der Waals surface area contributed by atoms with Crippen LogP contribution in [0.1, 0.15) is 65.3 Å². The molecule has 238 valence electrons. The van der Waals surface area contributed by atoms with Crippen LogP contribution in [0, 0.1) is 6.92 Å². The first kappa shape index (κ1) is 33.4. The number of likely N-dealkylation sites (tertiary alicyclic amines) is 1. The Morgan fingerprint density at radius 3 is 2.40 bits per heavy atom. The van der Waals surface area contributed by atoms with Gasteiger partial charge in [-0.05, 0) is 87.6 Å². The molecule has 1 aliphatic rings. The number of aryl methyl sites for hydroxylation is 1. The second-order valence-corrected chi connectivity index (χ2v) is 10.9. The zero-order valence-corrected chi connectivity index (χ0v) is 25.6. The van der Waals surface area contributed by atoms with Crippen LogP contribution in [0.4, 0.5) is 13.2 Å². The van der Waals surface area contributed by atoms with Gasteiger partial charge in [-0.3, -0.25) is 0 Å². The van der Waals surface area contributed by atoms with Gasteiger partial charge in [-0.2, -0.15) is 18.3 Å². The number of nitrogens with zero attached hydrogens (tertiary/aromatic N) is 4. The van der Waals surface area contributed by atoms with Gasteiger partial charge >= 0.3 is 12.1 Å². The lowest BCUT2D eigenvalue weighted by Crippen LogP contribution is -2.32. The minimum Gasteiger partial charge on any atom is -0.488 e. The van der Waals surface area contributed by atoms with E-state index >= 15 is 0 Å². The van der Waals surface area contributed by atoms with E-state index < -0.39 is 29.8 Å². The monoisotopic (exact) mass is 622 g/mol. The van der Waals surface area contributed by atoms with Crippen molar-refractivity contribution in [2.24, 2.45) is 0 Å². The van der Waals surface area contributed by atoms with E-state index in [1.807, 2.05) is 25.1 Å². The third-order valence-electron chi connectivity index (χ3n) is 7.71. The van der Waals surface area contributed by atoms with Gasteiger partial charge in [0.1, 0.15) is 24.2 Å². The number of aromatic carboxylic acids is 1. The van der Waals surface area contributed by atoms with Crippen molar-refractivity contribution < 1.29 is 32.6 Å². The molecule has 0 aliphatic carbocycles. The minimum atomic E-state index is -4.62. The van der Waals surface area contributed by atoms with Gasteiger partial charge in [0, 0.05) is 5.56 Å². The first-order valence-corrected chi connectivity index (χ1v) is 14.8. The van der Waals surface area contributed by atoms with E-state index in [0.29, 0.717) is 29.5 Å². The normalized spacial score (nSPS) is 14.0. The number of carbonyl (C=O) groups excluding carboxylic acids is 1. The average molecular weight is 623 g/mol. The first-order chi connectivity index (χ1) is 21.5. The van der Waals surface area contributed by atoms with Crippen molar-refractivity contribution in [1.29, 1.82) is 0 Å². The lowest BCUT2D eigenvalue weighted by Gasteiger charge is -2.31. The molecule has 0 atom stereocenters. The molecule has 0 saturated carbocycles. The van der Waals surface area contributed by atoms with Crippen molar-refractivity contribution >= 4 is 12.3 Å². The molecule has 1 N–H and O–H groups in total. The summed E-state index contributed by atoms with van der Waals surface area (Å²) in [5.74, 6) is -0.265. The molecule has 11 heteroatoms. The molecule has 0 unspecified atom stereocenters. The van der Waals surface area contributed by atoms with Crippen LogP contribution < -0.4 is 4.74 Å². The molecule has 1 fully saturated rings. The standard InChI is InChI=1S/C32H33F3N4O3.C2H4O/c1-3-38-15-13-24(14-16-38)23-10-8-22(9-11-23)20-42-29-12-7-21(2)17-25(29)27-5-4-6-30(37-27)39-28(18-32(33,34)35)26(19-36-39)31(40)41;1-2-3/h4-12,17,19,24H,3,13-16,18,20H2,1-2H3,(H,40,41);2H,1H3. The summed E-state index contributed by atoms with van der Waals surface area (Å²) in [6, 6.07) is 19.1. The minimum absolute atomic E-state index is 0.0760. The third kappa shape index (κ3) is 8.78. The summed E-state index contributed by atoms with van der Waals surface area (Å²) in [5.41, 5.74) is 3.45. The Balaban J connectivity index is 0.00000148. The number of carboxylic acid groups (broad SMARTS) is 1. The number of carboxylic acids is 1. The molecule has 0 spiro atoms. The number of piperidine rings is 1. The number of alkyl halides is 3. The zero-order chi connectivity index (χ0) is 32.6. The van der Waals surface area contributed by atoms with Gasteiger partial charge in [0.25, 0.3) is 0 Å². The van der Waals surface area contributed by atoms with E-state index in [4.69, 9.17) is 9.53 Å². The Hall–Kier alpha value is -4.51. The van der Waals surface area contributed by atoms with Crippen molar-refractivity contribution in [3.8, 4) is 22.8 Å². The van der Waals surface area contributed by atoms with E-state index in [1.54, 1.807) is 12.1 Å². The molecular weight excluding hydrogens is 585 g/mol. The van der Waals surface area contributed by atoms with Crippen molar-refractivity contribution in [3.05, 3.63) is 94.8 Å². The SMILES string of the molecule is CC=O.CCN1CCC(c2ccc(COc3ccc(C)cc3-c3cccc(-n4ncc(C(=O)O)c4CC(F)(F)F)n3)cc2)CC1. The highest BCUT2D eigenvalue weighted by molar-refractivity contribution is 5.88. The first-order valence-electron chi connectivity index (χ1n) is 14.8. The fraction of sp³-hybridized carbons (Fsp3) is 0.353. The molecule has 5 rings (SSSR count). The molecule has 2 aromatic carbocycles. The Kier molecular flexibility index (Phi) is 11.1. The predicted molar refractivity (Wildman–Crippen MR) is 165 cm³/mol. The maximum absolute atomic E-state index is 13.3. The van der Waals surface area contributed by atoms with Gasteiger partial charge in [0.2, 0.25) is 0 Å². The summed E-state index contributed by atoms with van der Waals surface area (Å²) >= 11 is 0. The van der Waals surface area contributed by atoms with E-state index in [9.17, 15) is 23.1 Å². The second-order valence-electron chi connectivity index (χ2n) is 10.9. The van der Waals surface area contributed by atoms with Crippen LogP contribution >= 0.6 is 0 Å². The summed E-state index contributed by atoms with van der Waals surface area (Å²) in [6.07, 6.45) is -2.08. The van der Waals surface area contributed by atoms with Gasteiger partial charge in [-0.1, -0.05) is 48.9 Å². The number of hydrogen-bond donors (Lipinski definition) is 1. The van der Waals surface area contributed by atoms with Crippen LogP contribution in [0.3, 0.4) is 0 Å². The second kappa shape index (κ2) is 15.0. The van der Waals surface area contributed by atoms with Crippen LogP contribution in [-0.4, -0.2) is 62.8 Å². The summed E-state index contributed by atoms with van der Waals surface area (Å²) in [7, 11) is 0. The quantitative estimate of drug-likeness (QED) is 0.200. The Morgan fingerprint density at radius 2 is 1.78 bits per heavy atom. The van der Waals surface area contributed by atoms with Gasteiger partial charge < -0.3 is 19.5 Å². The number of ether oxygens (including phenoxy) is 1. The zero-order valence-electron chi connectivity index (χ0n) is 25.6. The number of hydrogen-bond acceptors (Lipinski definition) is 6. The van der Waals surface area contributed by atoms with Crippen LogP contribution in [0.25, 0.3) is 17.1 Å². The predicted octanol–water partition coefficient (Wildman–Crippen LogP) is 7.03. The Morgan fingerprint density at radius 1 is 1.09 bits per heavy atom. The van der Waals surface area contributed by atoms with Crippen molar-refractivity contribution in [3.63, 3.8) is 0 Å². The van der Waals surface area contributed by atoms with E-state index in [-0.39, 0.29) is 5.82 Å². The number of aldehydes is 1. The van der Waals surface area contributed by atoms with Crippen molar-refractivity contribution in [1.82, 2.24) is 19.7 Å². The fourth-order valence-electron chi connectivity index (χ4n) is 5.40. The fourth-order valence-corrected chi connectivity index (χ4v) is 5.40. The summed E-state index contributed by atoms with van der Waals surface area (Å²) < 4.78 is 47.0. The number of benzene rings is 2. The summed E-state index contributed by atoms with van der Waals surface area (Å²) in [6.45, 7) is 9.25. The lowest BCUT2D eigenvalue weighted by molar-refractivity contribution is -0.128. The van der Waals surface area contributed by atoms with Gasteiger partial charge in [0.15, 0.2) is 5.82 Å². The topological polar surface area (TPSA) is 97.6 Å². The maximum atomic E-state index is 13.3. The van der Waals surface area contributed by atoms with Gasteiger partial charge in [-0.15, -0.1) is 0 Å². The maximum Gasteiger partial charge on any atom is 0.394 e. The number of halogens is 3. The van der Waals surface area contributed by atoms with E-state index in [0.717, 1.165) is 60.8 Å². The largest absolute Gasteiger partial charge is 0.488 e. The summed E-state index contributed by atoms with van der Waals surface area (Å²) in [4.78, 5) is 27.4. The number of pyridine rings is 1. The molecule has 2 aromatic heterocycles. The highest BCUT2D eigenvalue weighted by atomic mass is 19.4. The van der Waals surface area contributed by atoms with E-state index in [1.165, 1.54) is 18.6 Å². The number of aromatic nitrogens is 3. The molecule has 1 saturated heterocycles. The molecule has 0 bridgehead atoms. The molecule has 8 nitrogen and oxygen atoms in total. The molecule has 0 radical (unpaired) electrons. The molecule has 45 heavy (non-hydrogen) atoms. The molecule has 1 aliphatic heterocycles. The lowest BCUT2D eigenvalue weighted by atomic mass is 9.89. The van der Waals surface area contributed by atoms with Crippen LogP contribution in [0.5, 0.6) is 5.75 Å². The Bertz CT molecular complexity index is 1590. The van der Waals surface area contributed by atoms with Crippen molar-refractivity contribution in [2.45, 2.75) is 58.7 Å². The smallest absolute Gasteiger partial charge is 0.394 e. The van der Waals surface area contributed by atoms with Crippen LogP contribution in [-0.2, 0) is 17.8 Å². The van der Waals surface area contributed by atoms with Crippen LogP contribution in [0.15, 0.2) is 66.9 Å². The highest BCUT2D eigenvalue weighted by Gasteiger charge is 2.33. The van der Waals surface area contributed by atoms with Crippen molar-refractivity contribution in [2.75, 3.05) is 19.6 Å².